The van der Waals surface area contributed by atoms with E-state index in [4.69, 9.17) is 35.0 Å². The molecule has 0 aromatic heterocycles. The van der Waals surface area contributed by atoms with Crippen molar-refractivity contribution in [1.82, 2.24) is 0 Å². The van der Waals surface area contributed by atoms with E-state index in [0.29, 0.717) is 30.2 Å². The van der Waals surface area contributed by atoms with Crippen LogP contribution in [0.1, 0.15) is 80.0 Å². The molecule has 0 aliphatic carbocycles. The summed E-state index contributed by atoms with van der Waals surface area (Å²) in [5.74, 6) is -0.505. The second-order valence-electron chi connectivity index (χ2n) is 11.9. The van der Waals surface area contributed by atoms with Crippen LogP contribution in [0.2, 0.25) is 0 Å². The number of ether oxygens (including phenoxy) is 4. The number of carbonyl (C=O) groups is 2. The molecule has 14 nitrogen and oxygen atoms in total. The molecule has 4 aromatic carbocycles. The van der Waals surface area contributed by atoms with Crippen molar-refractivity contribution < 1.29 is 45.4 Å². The molecule has 16 heteroatoms. The fourth-order valence-electron chi connectivity index (χ4n) is 4.63. The monoisotopic (exact) mass is 784 g/mol. The Morgan fingerprint density at radius 2 is 1.04 bits per heavy atom. The Bertz CT molecular complexity index is 2060. The summed E-state index contributed by atoms with van der Waals surface area (Å²) < 4.78 is 70.1. The van der Waals surface area contributed by atoms with Gasteiger partial charge < -0.3 is 30.0 Å². The molecule has 0 saturated heterocycles. The van der Waals surface area contributed by atoms with Crippen molar-refractivity contribution in [3.8, 4) is 23.0 Å². The molecule has 0 heterocycles. The van der Waals surface area contributed by atoms with Gasteiger partial charge in [-0.2, -0.15) is 0 Å². The van der Waals surface area contributed by atoms with Gasteiger partial charge in [-0.1, -0.05) is 76.4 Å². The lowest BCUT2D eigenvalue weighted by molar-refractivity contribution is 0.0490. The van der Waals surface area contributed by atoms with E-state index in [2.05, 4.69) is 5.32 Å². The van der Waals surface area contributed by atoms with Crippen LogP contribution >= 0.6 is 0 Å². The molecule has 0 unspecified atom stereocenters. The lowest BCUT2D eigenvalue weighted by atomic mass is 10.1. The zero-order valence-corrected chi connectivity index (χ0v) is 32.2. The fraction of sp³-hybridized carbons (Fsp3) is 0.316. The van der Waals surface area contributed by atoms with Crippen molar-refractivity contribution in [3.63, 3.8) is 0 Å². The second-order valence-corrected chi connectivity index (χ2v) is 15.0. The van der Waals surface area contributed by atoms with Crippen LogP contribution in [0.3, 0.4) is 0 Å². The number of unbranched alkanes of at least 4 members (excludes halogenated alkanes) is 3. The first kappa shape index (κ1) is 43.2. The van der Waals surface area contributed by atoms with E-state index in [1.807, 2.05) is 26.8 Å². The number of primary sulfonamides is 2. The first-order valence-corrected chi connectivity index (χ1v) is 20.5. The summed E-state index contributed by atoms with van der Waals surface area (Å²) in [5.41, 5.74) is 6.35. The Balaban J connectivity index is 0.000000294. The summed E-state index contributed by atoms with van der Waals surface area (Å²) in [6.07, 6.45) is 4.98. The van der Waals surface area contributed by atoms with Crippen LogP contribution in [0.15, 0.2) is 94.7 Å². The van der Waals surface area contributed by atoms with Crippen molar-refractivity contribution in [3.05, 3.63) is 96.1 Å². The van der Waals surface area contributed by atoms with Gasteiger partial charge in [0.15, 0.2) is 11.5 Å². The highest BCUT2D eigenvalue weighted by Gasteiger charge is 2.25. The molecule has 0 atom stereocenters. The molecule has 0 amide bonds. The molecular formula is C38H48N4O10S2. The van der Waals surface area contributed by atoms with E-state index in [1.54, 1.807) is 54.6 Å². The highest BCUT2D eigenvalue weighted by molar-refractivity contribution is 7.89. The van der Waals surface area contributed by atoms with Crippen molar-refractivity contribution in [2.45, 2.75) is 69.1 Å². The third-order valence-electron chi connectivity index (χ3n) is 7.46. The molecule has 54 heavy (non-hydrogen) atoms. The van der Waals surface area contributed by atoms with Crippen molar-refractivity contribution in [2.75, 3.05) is 30.8 Å². The number of hydrogen-bond acceptors (Lipinski definition) is 12. The van der Waals surface area contributed by atoms with E-state index < -0.39 is 32.0 Å². The Hall–Kier alpha value is -5.16. The zero-order chi connectivity index (χ0) is 39.7. The second kappa shape index (κ2) is 20.9. The zero-order valence-electron chi connectivity index (χ0n) is 30.6. The summed E-state index contributed by atoms with van der Waals surface area (Å²) in [4.78, 5) is 23.8. The van der Waals surface area contributed by atoms with Gasteiger partial charge in [-0.15, -0.1) is 0 Å². The molecule has 0 saturated carbocycles. The molecule has 0 spiro atoms. The number of sulfonamides is 2. The van der Waals surface area contributed by atoms with Gasteiger partial charge in [0.1, 0.15) is 21.3 Å². The predicted molar refractivity (Wildman–Crippen MR) is 207 cm³/mol. The van der Waals surface area contributed by atoms with Crippen LogP contribution in [-0.4, -0.2) is 48.5 Å². The largest absolute Gasteiger partial charge is 0.462 e. The molecule has 0 bridgehead atoms. The van der Waals surface area contributed by atoms with Crippen LogP contribution in [0, 0.1) is 0 Å². The maximum absolute atomic E-state index is 12.4. The Labute approximate surface area is 317 Å². The molecule has 4 rings (SSSR count). The number of carbonyl (C=O) groups excluding carboxylic acids is 2. The van der Waals surface area contributed by atoms with Gasteiger partial charge in [0.25, 0.3) is 0 Å². The average molecular weight is 785 g/mol. The number of rotatable bonds is 18. The summed E-state index contributed by atoms with van der Waals surface area (Å²) in [5, 5.41) is 13.9. The van der Waals surface area contributed by atoms with Crippen molar-refractivity contribution in [1.29, 1.82) is 0 Å². The van der Waals surface area contributed by atoms with Gasteiger partial charge in [-0.25, -0.2) is 36.7 Å². The SMILES string of the molecule is CCCCNc1cc(C(=O)OCCCC)cc(S(N)(=O)=O)c1Oc1ccccc1.CCCCOC(=O)c1cc(N)c(Oc2ccccc2)c(S(N)(=O)=O)c1. The minimum Gasteiger partial charge on any atom is -0.462 e. The lowest BCUT2D eigenvalue weighted by Crippen LogP contribution is -2.17. The van der Waals surface area contributed by atoms with Gasteiger partial charge in [0, 0.05) is 6.54 Å². The van der Waals surface area contributed by atoms with E-state index >= 15 is 0 Å². The number of nitrogens with two attached hydrogens (primary N) is 3. The summed E-state index contributed by atoms with van der Waals surface area (Å²) in [7, 11) is -8.33. The Morgan fingerprint density at radius 3 is 1.48 bits per heavy atom. The first-order chi connectivity index (χ1) is 25.7. The van der Waals surface area contributed by atoms with E-state index in [0.717, 1.165) is 38.2 Å². The maximum Gasteiger partial charge on any atom is 0.338 e. The summed E-state index contributed by atoms with van der Waals surface area (Å²) >= 11 is 0. The van der Waals surface area contributed by atoms with Crippen molar-refractivity contribution in [2.24, 2.45) is 10.3 Å². The van der Waals surface area contributed by atoms with Gasteiger partial charge in [0.2, 0.25) is 20.0 Å². The summed E-state index contributed by atoms with van der Waals surface area (Å²) in [6.45, 7) is 7.07. The molecule has 0 fully saturated rings. The molecule has 7 N–H and O–H groups in total. The van der Waals surface area contributed by atoms with Crippen LogP contribution < -0.4 is 30.8 Å². The molecule has 4 aromatic rings. The maximum atomic E-state index is 12.4. The molecule has 0 radical (unpaired) electrons. The molecule has 0 aliphatic rings. The third-order valence-corrected chi connectivity index (χ3v) is 9.29. The topological polar surface area (TPSA) is 229 Å². The standard InChI is InChI=1S/C21H28N2O5S.C17H20N2O5S/c1-3-5-12-23-18-14-16(21(24)27-13-6-4-2)15-19(29(22,25)26)20(18)28-17-10-8-7-9-11-17;1-2-3-9-23-17(20)12-10-14(18)16(15(11-12)25(19,21)22)24-13-7-5-4-6-8-13/h7-11,14-15,23H,3-6,12-13H2,1-2H3,(H2,22,25,26);4-8,10-11H,2-3,9,18H2,1H3,(H2,19,21,22). The highest BCUT2D eigenvalue weighted by Crippen LogP contribution is 2.38. The van der Waals surface area contributed by atoms with Gasteiger partial charge in [0.05, 0.1) is 35.7 Å². The minimum absolute atomic E-state index is 0.00182. The Kier molecular flexibility index (Phi) is 16.8. The van der Waals surface area contributed by atoms with Gasteiger partial charge >= 0.3 is 11.9 Å². The summed E-state index contributed by atoms with van der Waals surface area (Å²) in [6, 6.07) is 22.4. The quantitative estimate of drug-likeness (QED) is 0.0456. The number of hydrogen-bond donors (Lipinski definition) is 4. The van der Waals surface area contributed by atoms with Crippen molar-refractivity contribution >= 4 is 43.4 Å². The van der Waals surface area contributed by atoms with Crippen LogP contribution in [-0.2, 0) is 29.5 Å². The number of nitrogens with one attached hydrogen (secondary N) is 1. The minimum atomic E-state index is -4.17. The van der Waals surface area contributed by atoms with Crippen LogP contribution in [0.25, 0.3) is 0 Å². The van der Waals surface area contributed by atoms with Gasteiger partial charge in [-0.3, -0.25) is 0 Å². The average Bonchev–Trinajstić information content (AvgIpc) is 3.13. The van der Waals surface area contributed by atoms with E-state index in [9.17, 15) is 26.4 Å². The number of anilines is 2. The van der Waals surface area contributed by atoms with E-state index in [1.165, 1.54) is 18.2 Å². The molecule has 292 valence electrons. The third kappa shape index (κ3) is 13.4. The number of nitrogen functional groups attached to an aromatic ring is 1. The molecular weight excluding hydrogens is 737 g/mol. The lowest BCUT2D eigenvalue weighted by Gasteiger charge is -2.17. The number of benzene rings is 4. The van der Waals surface area contributed by atoms with Crippen LogP contribution in [0.4, 0.5) is 11.4 Å². The van der Waals surface area contributed by atoms with Gasteiger partial charge in [-0.05, 0) is 67.8 Å². The highest BCUT2D eigenvalue weighted by atomic mass is 32.2. The van der Waals surface area contributed by atoms with E-state index in [-0.39, 0.29) is 51.3 Å². The Morgan fingerprint density at radius 1 is 0.611 bits per heavy atom. The number of esters is 2. The predicted octanol–water partition coefficient (Wildman–Crippen LogP) is 6.96. The number of para-hydroxylation sites is 2. The van der Waals surface area contributed by atoms with Crippen LogP contribution in [0.5, 0.6) is 23.0 Å². The smallest absolute Gasteiger partial charge is 0.338 e. The first-order valence-electron chi connectivity index (χ1n) is 17.4. The fourth-order valence-corrected chi connectivity index (χ4v) is 6.04. The molecule has 0 aliphatic heterocycles. The normalized spacial score (nSPS) is 11.1.